The van der Waals surface area contributed by atoms with Crippen molar-refractivity contribution in [3.05, 3.63) is 58.1 Å². The lowest BCUT2D eigenvalue weighted by atomic mass is 10.1. The lowest BCUT2D eigenvalue weighted by Gasteiger charge is -2.36. The second-order valence-electron chi connectivity index (χ2n) is 6.12. The molecule has 142 valence electrons. The van der Waals surface area contributed by atoms with Crippen LogP contribution in [-0.2, 0) is 0 Å². The number of carbonyl (C=O) groups excluding carboxylic acids is 1. The van der Waals surface area contributed by atoms with Crippen molar-refractivity contribution >= 4 is 17.3 Å². The number of rotatable bonds is 5. The van der Waals surface area contributed by atoms with E-state index in [1.165, 1.54) is 19.2 Å². The van der Waals surface area contributed by atoms with E-state index >= 15 is 0 Å². The third kappa shape index (κ3) is 3.94. The Kier molecular flexibility index (Phi) is 5.44. The highest BCUT2D eigenvalue weighted by Gasteiger charge is 2.25. The summed E-state index contributed by atoms with van der Waals surface area (Å²) < 4.78 is 10.5. The van der Waals surface area contributed by atoms with Crippen molar-refractivity contribution in [3.63, 3.8) is 0 Å². The second-order valence-corrected chi connectivity index (χ2v) is 6.12. The van der Waals surface area contributed by atoms with Crippen LogP contribution in [0.3, 0.4) is 0 Å². The van der Waals surface area contributed by atoms with E-state index in [1.54, 1.807) is 42.3 Å². The summed E-state index contributed by atoms with van der Waals surface area (Å²) in [6.07, 6.45) is 0. The first-order chi connectivity index (χ1) is 13.0. The third-order valence-corrected chi connectivity index (χ3v) is 4.63. The molecule has 1 heterocycles. The van der Waals surface area contributed by atoms with Gasteiger partial charge in [0.2, 0.25) is 0 Å². The normalized spacial score (nSPS) is 14.0. The van der Waals surface area contributed by atoms with Crippen LogP contribution in [0.15, 0.2) is 42.5 Å². The van der Waals surface area contributed by atoms with Crippen molar-refractivity contribution in [3.8, 4) is 11.5 Å². The van der Waals surface area contributed by atoms with Gasteiger partial charge in [-0.2, -0.15) is 0 Å². The maximum atomic E-state index is 12.9. The van der Waals surface area contributed by atoms with Crippen molar-refractivity contribution in [2.45, 2.75) is 0 Å². The van der Waals surface area contributed by atoms with Crippen LogP contribution in [0.25, 0.3) is 0 Å². The van der Waals surface area contributed by atoms with Crippen LogP contribution in [0, 0.1) is 10.1 Å². The minimum Gasteiger partial charge on any atom is -0.497 e. The van der Waals surface area contributed by atoms with Gasteiger partial charge in [-0.05, 0) is 30.3 Å². The number of ether oxygens (including phenoxy) is 2. The number of nitrogens with zero attached hydrogens (tertiary/aromatic N) is 3. The first-order valence-corrected chi connectivity index (χ1v) is 8.54. The average Bonchev–Trinajstić information content (AvgIpc) is 2.73. The summed E-state index contributed by atoms with van der Waals surface area (Å²) >= 11 is 0. The van der Waals surface area contributed by atoms with Gasteiger partial charge in [0.1, 0.15) is 11.5 Å². The van der Waals surface area contributed by atoms with Gasteiger partial charge in [-0.1, -0.05) is 0 Å². The van der Waals surface area contributed by atoms with Gasteiger partial charge < -0.3 is 19.3 Å². The largest absolute Gasteiger partial charge is 0.497 e. The van der Waals surface area contributed by atoms with Crippen molar-refractivity contribution in [1.29, 1.82) is 0 Å². The number of anilines is 1. The van der Waals surface area contributed by atoms with Crippen molar-refractivity contribution in [2.24, 2.45) is 0 Å². The smallest absolute Gasteiger partial charge is 0.269 e. The Bertz CT molecular complexity index is 830. The van der Waals surface area contributed by atoms with E-state index in [2.05, 4.69) is 4.90 Å². The van der Waals surface area contributed by atoms with Crippen molar-refractivity contribution < 1.29 is 19.2 Å². The van der Waals surface area contributed by atoms with Gasteiger partial charge in [0.25, 0.3) is 11.6 Å². The Labute approximate surface area is 157 Å². The minimum atomic E-state index is -0.415. The number of non-ortho nitro benzene ring substituents is 1. The molecule has 1 aliphatic rings. The zero-order chi connectivity index (χ0) is 19.4. The van der Waals surface area contributed by atoms with E-state index in [4.69, 9.17) is 9.47 Å². The molecule has 1 fully saturated rings. The standard InChI is InChI=1S/C19H21N3O5/c1-26-16-7-8-18(27-2)17(13-16)19(23)21-11-9-20(10-12-21)14-3-5-15(6-4-14)22(24)25/h3-8,13H,9-12H2,1-2H3. The fraction of sp³-hybridized carbons (Fsp3) is 0.316. The van der Waals surface area contributed by atoms with Gasteiger partial charge in [0, 0.05) is 44.0 Å². The number of carbonyl (C=O) groups is 1. The van der Waals surface area contributed by atoms with Crippen molar-refractivity contribution in [1.82, 2.24) is 4.90 Å². The lowest BCUT2D eigenvalue weighted by Crippen LogP contribution is -2.48. The molecule has 1 amide bonds. The number of methoxy groups -OCH3 is 2. The molecule has 2 aromatic rings. The number of amides is 1. The quantitative estimate of drug-likeness (QED) is 0.593. The molecule has 0 unspecified atom stereocenters. The molecule has 0 aromatic heterocycles. The molecule has 0 saturated carbocycles. The molecular formula is C19H21N3O5. The van der Waals surface area contributed by atoms with Crippen LogP contribution in [0.2, 0.25) is 0 Å². The van der Waals surface area contributed by atoms with Gasteiger partial charge in [0.15, 0.2) is 0 Å². The first-order valence-electron chi connectivity index (χ1n) is 8.54. The Morgan fingerprint density at radius 3 is 2.22 bits per heavy atom. The van der Waals surface area contributed by atoms with Crippen molar-refractivity contribution in [2.75, 3.05) is 45.3 Å². The van der Waals surface area contributed by atoms with E-state index in [9.17, 15) is 14.9 Å². The summed E-state index contributed by atoms with van der Waals surface area (Å²) in [6.45, 7) is 2.40. The predicted molar refractivity (Wildman–Crippen MR) is 101 cm³/mol. The predicted octanol–water partition coefficient (Wildman–Crippen LogP) is 2.57. The van der Waals surface area contributed by atoms with Crippen LogP contribution >= 0.6 is 0 Å². The summed E-state index contributed by atoms with van der Waals surface area (Å²) in [7, 11) is 3.09. The molecule has 1 saturated heterocycles. The van der Waals surface area contributed by atoms with Crippen LogP contribution < -0.4 is 14.4 Å². The SMILES string of the molecule is COc1ccc(OC)c(C(=O)N2CCN(c3ccc([N+](=O)[O-])cc3)CC2)c1. The maximum Gasteiger partial charge on any atom is 0.269 e. The van der Waals surface area contributed by atoms with E-state index in [0.29, 0.717) is 43.2 Å². The number of nitro groups is 1. The topological polar surface area (TPSA) is 85.2 Å². The third-order valence-electron chi connectivity index (χ3n) is 4.63. The highest BCUT2D eigenvalue weighted by atomic mass is 16.6. The maximum absolute atomic E-state index is 12.9. The Hall–Kier alpha value is -3.29. The van der Waals surface area contributed by atoms with Crippen LogP contribution in [0.1, 0.15) is 10.4 Å². The fourth-order valence-electron chi connectivity index (χ4n) is 3.10. The Balaban J connectivity index is 1.68. The second kappa shape index (κ2) is 7.94. The van der Waals surface area contributed by atoms with Gasteiger partial charge in [0.05, 0.1) is 24.7 Å². The number of hydrogen-bond donors (Lipinski definition) is 0. The molecule has 2 aromatic carbocycles. The van der Waals surface area contributed by atoms with E-state index < -0.39 is 4.92 Å². The highest BCUT2D eigenvalue weighted by Crippen LogP contribution is 2.26. The average molecular weight is 371 g/mol. The molecule has 0 aliphatic carbocycles. The fourth-order valence-corrected chi connectivity index (χ4v) is 3.10. The van der Waals surface area contributed by atoms with Crippen LogP contribution in [0.5, 0.6) is 11.5 Å². The summed E-state index contributed by atoms with van der Waals surface area (Å²) in [5.74, 6) is 1.01. The molecule has 0 atom stereocenters. The van der Waals surface area contributed by atoms with Gasteiger partial charge in [-0.15, -0.1) is 0 Å². The monoisotopic (exact) mass is 371 g/mol. The summed E-state index contributed by atoms with van der Waals surface area (Å²) in [6, 6.07) is 11.6. The molecule has 0 spiro atoms. The summed E-state index contributed by atoms with van der Waals surface area (Å²) in [5.41, 5.74) is 1.45. The number of benzene rings is 2. The lowest BCUT2D eigenvalue weighted by molar-refractivity contribution is -0.384. The van der Waals surface area contributed by atoms with Gasteiger partial charge in [-0.25, -0.2) is 0 Å². The summed E-state index contributed by atoms with van der Waals surface area (Å²) in [4.78, 5) is 27.1. The van der Waals surface area contributed by atoms with Crippen LogP contribution in [0.4, 0.5) is 11.4 Å². The van der Waals surface area contributed by atoms with E-state index in [-0.39, 0.29) is 11.6 Å². The van der Waals surface area contributed by atoms with E-state index in [1.807, 2.05) is 0 Å². The number of piperazine rings is 1. The van der Waals surface area contributed by atoms with Gasteiger partial charge in [-0.3, -0.25) is 14.9 Å². The Morgan fingerprint density at radius 1 is 1.00 bits per heavy atom. The molecule has 0 radical (unpaired) electrons. The molecule has 8 nitrogen and oxygen atoms in total. The zero-order valence-corrected chi connectivity index (χ0v) is 15.3. The molecule has 3 rings (SSSR count). The molecule has 8 heteroatoms. The van der Waals surface area contributed by atoms with Gasteiger partial charge >= 0.3 is 0 Å². The van der Waals surface area contributed by atoms with E-state index in [0.717, 1.165) is 5.69 Å². The van der Waals surface area contributed by atoms with Crippen LogP contribution in [-0.4, -0.2) is 56.1 Å². The zero-order valence-electron chi connectivity index (χ0n) is 15.3. The minimum absolute atomic E-state index is 0.0673. The molecule has 1 aliphatic heterocycles. The molecular weight excluding hydrogens is 350 g/mol. The first kappa shape index (κ1) is 18.5. The number of nitro benzene ring substituents is 1. The Morgan fingerprint density at radius 2 is 1.67 bits per heavy atom. The highest BCUT2D eigenvalue weighted by molar-refractivity contribution is 5.97. The molecule has 0 N–H and O–H groups in total. The summed E-state index contributed by atoms with van der Waals surface area (Å²) in [5, 5.41) is 10.8. The molecule has 27 heavy (non-hydrogen) atoms. The molecule has 0 bridgehead atoms. The number of hydrogen-bond acceptors (Lipinski definition) is 6.